The van der Waals surface area contributed by atoms with E-state index in [2.05, 4.69) is 35.3 Å². The van der Waals surface area contributed by atoms with Gasteiger partial charge in [0.05, 0.1) is 0 Å². The van der Waals surface area contributed by atoms with Crippen LogP contribution in [-0.4, -0.2) is 18.6 Å². The van der Waals surface area contributed by atoms with Crippen molar-refractivity contribution in [2.45, 2.75) is 50.7 Å². The Kier molecular flexibility index (Phi) is 2.04. The molecule has 17 heavy (non-hydrogen) atoms. The van der Waals surface area contributed by atoms with Gasteiger partial charge in [0, 0.05) is 36.8 Å². The Balaban J connectivity index is 1.89. The average molecular weight is 228 g/mol. The van der Waals surface area contributed by atoms with Gasteiger partial charge in [0.2, 0.25) is 0 Å². The summed E-state index contributed by atoms with van der Waals surface area (Å²) in [6.45, 7) is 4.54. The third-order valence-corrected chi connectivity index (χ3v) is 4.83. The molecule has 2 heterocycles. The van der Waals surface area contributed by atoms with Crippen molar-refractivity contribution in [3.63, 3.8) is 0 Å². The molecule has 1 aromatic carbocycles. The number of nitrogens with zero attached hydrogens (tertiary/aromatic N) is 1. The lowest BCUT2D eigenvalue weighted by Crippen LogP contribution is -2.40. The van der Waals surface area contributed by atoms with E-state index in [0.717, 1.165) is 18.5 Å². The molecule has 1 fully saturated rings. The maximum absolute atomic E-state index is 3.63. The van der Waals surface area contributed by atoms with Gasteiger partial charge in [0.25, 0.3) is 0 Å². The molecule has 0 saturated heterocycles. The lowest BCUT2D eigenvalue weighted by molar-refractivity contribution is 0.512. The molecule has 0 spiro atoms. The van der Waals surface area contributed by atoms with Crippen LogP contribution in [0, 0.1) is 0 Å². The minimum atomic E-state index is 0.606. The van der Waals surface area contributed by atoms with Crippen molar-refractivity contribution in [3.8, 4) is 0 Å². The maximum atomic E-state index is 3.63. The molecular formula is C15H20N2. The number of hydrogen-bond acceptors (Lipinski definition) is 2. The van der Waals surface area contributed by atoms with Gasteiger partial charge < -0.3 is 10.2 Å². The molecule has 1 saturated carbocycles. The molecular weight excluding hydrogens is 208 g/mol. The molecule has 2 heteroatoms. The minimum Gasteiger partial charge on any atom is -0.366 e. The Labute approximate surface area is 103 Å². The van der Waals surface area contributed by atoms with Gasteiger partial charge in [-0.25, -0.2) is 0 Å². The van der Waals surface area contributed by atoms with Crippen LogP contribution >= 0.6 is 0 Å². The van der Waals surface area contributed by atoms with Gasteiger partial charge in [-0.15, -0.1) is 0 Å². The van der Waals surface area contributed by atoms with E-state index in [9.17, 15) is 0 Å². The first-order valence-electron chi connectivity index (χ1n) is 6.96. The van der Waals surface area contributed by atoms with Crippen LogP contribution in [0.25, 0.3) is 0 Å². The van der Waals surface area contributed by atoms with E-state index in [1.807, 2.05) is 0 Å². The standard InChI is InChI=1S/C15H20N2/c1-10-9-17-14-7-3-5-12(14)13-6-2-4-11(8-16-10)15(13)17/h2,4,6,10,12,14,16H,3,5,7-9H2,1H3/t10-,12+,14+/m1/s1. The molecule has 2 nitrogen and oxygen atoms in total. The zero-order chi connectivity index (χ0) is 11.4. The highest BCUT2D eigenvalue weighted by atomic mass is 15.2. The van der Waals surface area contributed by atoms with E-state index in [4.69, 9.17) is 0 Å². The molecule has 1 aromatic rings. The summed E-state index contributed by atoms with van der Waals surface area (Å²) in [6, 6.07) is 8.34. The van der Waals surface area contributed by atoms with Crippen molar-refractivity contribution in [2.75, 3.05) is 11.4 Å². The minimum absolute atomic E-state index is 0.606. The van der Waals surface area contributed by atoms with E-state index in [1.54, 1.807) is 11.3 Å². The van der Waals surface area contributed by atoms with Crippen LogP contribution in [0.15, 0.2) is 18.2 Å². The van der Waals surface area contributed by atoms with Gasteiger partial charge >= 0.3 is 0 Å². The molecule has 1 N–H and O–H groups in total. The van der Waals surface area contributed by atoms with Crippen molar-refractivity contribution in [1.82, 2.24) is 5.32 Å². The van der Waals surface area contributed by atoms with Gasteiger partial charge in [-0.1, -0.05) is 24.6 Å². The number of hydrogen-bond donors (Lipinski definition) is 1. The molecule has 2 aliphatic heterocycles. The number of anilines is 1. The summed E-state index contributed by atoms with van der Waals surface area (Å²) < 4.78 is 0. The Hall–Kier alpha value is -1.02. The van der Waals surface area contributed by atoms with E-state index in [0.29, 0.717) is 6.04 Å². The van der Waals surface area contributed by atoms with Crippen molar-refractivity contribution >= 4 is 5.69 Å². The van der Waals surface area contributed by atoms with Crippen LogP contribution in [0.1, 0.15) is 43.2 Å². The first-order chi connectivity index (χ1) is 8.34. The lowest BCUT2D eigenvalue weighted by Gasteiger charge is -2.28. The van der Waals surface area contributed by atoms with Gasteiger partial charge in [-0.2, -0.15) is 0 Å². The Bertz CT molecular complexity index is 454. The summed E-state index contributed by atoms with van der Waals surface area (Å²) in [5.74, 6) is 0.829. The zero-order valence-electron chi connectivity index (χ0n) is 10.4. The average Bonchev–Trinajstić information content (AvgIpc) is 2.85. The number of nitrogens with one attached hydrogen (secondary N) is 1. The number of rotatable bonds is 0. The predicted molar refractivity (Wildman–Crippen MR) is 70.5 cm³/mol. The number of para-hydroxylation sites is 1. The highest BCUT2D eigenvalue weighted by Crippen LogP contribution is 2.50. The highest BCUT2D eigenvalue weighted by Gasteiger charge is 2.43. The van der Waals surface area contributed by atoms with E-state index in [1.165, 1.54) is 31.4 Å². The summed E-state index contributed by atoms with van der Waals surface area (Å²) in [5, 5.41) is 3.63. The Morgan fingerprint density at radius 3 is 3.18 bits per heavy atom. The van der Waals surface area contributed by atoms with Crippen LogP contribution in [0.5, 0.6) is 0 Å². The molecule has 3 atom stereocenters. The fourth-order valence-electron chi connectivity index (χ4n) is 4.12. The van der Waals surface area contributed by atoms with Crippen LogP contribution in [0.4, 0.5) is 5.69 Å². The van der Waals surface area contributed by atoms with Crippen molar-refractivity contribution in [1.29, 1.82) is 0 Å². The molecule has 0 unspecified atom stereocenters. The Morgan fingerprint density at radius 2 is 2.24 bits per heavy atom. The van der Waals surface area contributed by atoms with E-state index in [-0.39, 0.29) is 0 Å². The van der Waals surface area contributed by atoms with E-state index < -0.39 is 0 Å². The summed E-state index contributed by atoms with van der Waals surface area (Å²) in [7, 11) is 0. The third kappa shape index (κ3) is 1.30. The fourth-order valence-corrected chi connectivity index (χ4v) is 4.12. The maximum Gasteiger partial charge on any atom is 0.0451 e. The molecule has 3 aliphatic rings. The van der Waals surface area contributed by atoms with Crippen molar-refractivity contribution in [3.05, 3.63) is 29.3 Å². The van der Waals surface area contributed by atoms with Gasteiger partial charge in [0.15, 0.2) is 0 Å². The normalized spacial score (nSPS) is 34.4. The second-order valence-corrected chi connectivity index (χ2v) is 5.89. The number of fused-ring (bicyclic) bond motifs is 3. The third-order valence-electron chi connectivity index (χ3n) is 4.83. The highest BCUT2D eigenvalue weighted by molar-refractivity contribution is 5.67. The summed E-state index contributed by atoms with van der Waals surface area (Å²) in [6.07, 6.45) is 4.21. The fraction of sp³-hybridized carbons (Fsp3) is 0.600. The lowest BCUT2D eigenvalue weighted by atomic mass is 9.96. The molecule has 0 radical (unpaired) electrons. The summed E-state index contributed by atoms with van der Waals surface area (Å²) in [4.78, 5) is 2.72. The second kappa shape index (κ2) is 3.49. The van der Waals surface area contributed by atoms with Gasteiger partial charge in [-0.3, -0.25) is 0 Å². The van der Waals surface area contributed by atoms with Gasteiger partial charge in [-0.05, 0) is 30.9 Å². The van der Waals surface area contributed by atoms with Crippen molar-refractivity contribution in [2.24, 2.45) is 0 Å². The first-order valence-corrected chi connectivity index (χ1v) is 6.96. The quantitative estimate of drug-likeness (QED) is 0.734. The van der Waals surface area contributed by atoms with Crippen LogP contribution in [-0.2, 0) is 6.54 Å². The smallest absolute Gasteiger partial charge is 0.0451 e. The molecule has 90 valence electrons. The summed E-state index contributed by atoms with van der Waals surface area (Å²) >= 11 is 0. The molecule has 4 rings (SSSR count). The largest absolute Gasteiger partial charge is 0.366 e. The second-order valence-electron chi connectivity index (χ2n) is 5.89. The number of benzene rings is 1. The first kappa shape index (κ1) is 9.95. The monoisotopic (exact) mass is 228 g/mol. The topological polar surface area (TPSA) is 15.3 Å². The van der Waals surface area contributed by atoms with E-state index >= 15 is 0 Å². The summed E-state index contributed by atoms with van der Waals surface area (Å²) in [5.41, 5.74) is 4.74. The van der Waals surface area contributed by atoms with Crippen LogP contribution in [0.2, 0.25) is 0 Å². The molecule has 0 amide bonds. The van der Waals surface area contributed by atoms with Crippen LogP contribution in [0.3, 0.4) is 0 Å². The van der Waals surface area contributed by atoms with Crippen LogP contribution < -0.4 is 10.2 Å². The van der Waals surface area contributed by atoms with Gasteiger partial charge in [0.1, 0.15) is 0 Å². The molecule has 0 bridgehead atoms. The molecule has 0 aromatic heterocycles. The SMILES string of the molecule is C[C@@H]1CN2c3c(cccc3[C@@H]3CCC[C@@H]32)CN1. The predicted octanol–water partition coefficient (Wildman–Crippen LogP) is 2.63. The Morgan fingerprint density at radius 1 is 1.29 bits per heavy atom. The van der Waals surface area contributed by atoms with Crippen molar-refractivity contribution < 1.29 is 0 Å². The molecule has 1 aliphatic carbocycles. The zero-order valence-corrected chi connectivity index (χ0v) is 10.4.